The third kappa shape index (κ3) is 1.41. The molecule has 0 aliphatic rings. The molecule has 0 saturated heterocycles. The van der Waals surface area contributed by atoms with E-state index in [0.29, 0.717) is 10.3 Å². The van der Waals surface area contributed by atoms with Crippen molar-refractivity contribution in [3.63, 3.8) is 0 Å². The molecule has 0 unspecified atom stereocenters. The average Bonchev–Trinajstić information content (AvgIpc) is 2.86. The molecule has 0 aliphatic carbocycles. The first-order valence-electron chi connectivity index (χ1n) is 6.15. The molecule has 0 aliphatic heterocycles. The van der Waals surface area contributed by atoms with Crippen LogP contribution in [0.5, 0.6) is 0 Å². The van der Waals surface area contributed by atoms with Gasteiger partial charge in [-0.2, -0.15) is 5.26 Å². The lowest BCUT2D eigenvalue weighted by Crippen LogP contribution is -2.03. The van der Waals surface area contributed by atoms with Gasteiger partial charge in [-0.15, -0.1) is 11.3 Å². The zero-order chi connectivity index (χ0) is 13.7. The molecule has 0 saturated carbocycles. The number of thiophene rings is 1. The van der Waals surface area contributed by atoms with Crippen molar-refractivity contribution >= 4 is 42.4 Å². The van der Waals surface area contributed by atoms with Crippen LogP contribution in [0.2, 0.25) is 0 Å². The van der Waals surface area contributed by atoms with E-state index >= 15 is 0 Å². The monoisotopic (exact) mass is 276 g/mol. The molecule has 0 amide bonds. The molecule has 2 aromatic carbocycles. The Morgan fingerprint density at radius 1 is 1.10 bits per heavy atom. The van der Waals surface area contributed by atoms with Gasteiger partial charge >= 0.3 is 0 Å². The summed E-state index contributed by atoms with van der Waals surface area (Å²) in [6.07, 6.45) is 0. The summed E-state index contributed by atoms with van der Waals surface area (Å²) in [4.78, 5) is 15.1. The van der Waals surface area contributed by atoms with Crippen molar-refractivity contribution in [3.8, 4) is 6.07 Å². The normalized spacial score (nSPS) is 11.2. The van der Waals surface area contributed by atoms with Crippen LogP contribution in [0, 0.1) is 11.3 Å². The summed E-state index contributed by atoms with van der Waals surface area (Å²) in [6.45, 7) is 0. The molecular formula is C16H8N2OS. The summed E-state index contributed by atoms with van der Waals surface area (Å²) < 4.78 is 1.69. The van der Waals surface area contributed by atoms with E-state index in [1.807, 2.05) is 36.4 Å². The third-order valence-corrected chi connectivity index (χ3v) is 4.62. The first-order valence-corrected chi connectivity index (χ1v) is 6.97. The van der Waals surface area contributed by atoms with Crippen molar-refractivity contribution in [3.05, 3.63) is 58.4 Å². The number of benzene rings is 2. The molecule has 3 nitrogen and oxygen atoms in total. The maximum atomic E-state index is 12.2. The SMILES string of the molecule is N#Cc1ccc2c(c1)sc1c(=O)[nH]c3ccccc3c12. The second kappa shape index (κ2) is 3.92. The van der Waals surface area contributed by atoms with E-state index in [1.165, 1.54) is 11.3 Å². The van der Waals surface area contributed by atoms with Crippen LogP contribution in [0.1, 0.15) is 5.56 Å². The van der Waals surface area contributed by atoms with E-state index in [9.17, 15) is 4.79 Å². The van der Waals surface area contributed by atoms with Gasteiger partial charge in [0.25, 0.3) is 5.56 Å². The summed E-state index contributed by atoms with van der Waals surface area (Å²) in [5.41, 5.74) is 1.39. The van der Waals surface area contributed by atoms with Crippen LogP contribution in [0.25, 0.3) is 31.1 Å². The maximum absolute atomic E-state index is 12.2. The molecule has 0 bridgehead atoms. The minimum absolute atomic E-state index is 0.0709. The molecule has 94 valence electrons. The molecule has 1 N–H and O–H groups in total. The number of pyridine rings is 1. The van der Waals surface area contributed by atoms with Crippen LogP contribution in [-0.4, -0.2) is 4.98 Å². The van der Waals surface area contributed by atoms with Gasteiger partial charge in [0.05, 0.1) is 11.6 Å². The minimum Gasteiger partial charge on any atom is -0.321 e. The molecule has 4 heteroatoms. The largest absolute Gasteiger partial charge is 0.321 e. The van der Waals surface area contributed by atoms with Crippen LogP contribution in [0.3, 0.4) is 0 Å². The van der Waals surface area contributed by atoms with Crippen LogP contribution in [0.4, 0.5) is 0 Å². The van der Waals surface area contributed by atoms with Crippen molar-refractivity contribution in [2.75, 3.05) is 0 Å². The number of nitrogens with zero attached hydrogens (tertiary/aromatic N) is 1. The molecule has 0 fully saturated rings. The molecule has 4 aromatic rings. The van der Waals surface area contributed by atoms with E-state index in [4.69, 9.17) is 5.26 Å². The summed E-state index contributed by atoms with van der Waals surface area (Å²) >= 11 is 1.44. The molecule has 2 aromatic heterocycles. The van der Waals surface area contributed by atoms with E-state index in [0.717, 1.165) is 26.4 Å². The molecule has 0 atom stereocenters. The lowest BCUT2D eigenvalue weighted by Gasteiger charge is -1.99. The Morgan fingerprint density at radius 3 is 2.80 bits per heavy atom. The number of aromatic amines is 1. The average molecular weight is 276 g/mol. The molecule has 0 radical (unpaired) electrons. The second-order valence-corrected chi connectivity index (χ2v) is 5.68. The summed E-state index contributed by atoms with van der Waals surface area (Å²) in [7, 11) is 0. The third-order valence-electron chi connectivity index (χ3n) is 3.47. The number of aromatic nitrogens is 1. The Bertz CT molecular complexity index is 1080. The molecule has 20 heavy (non-hydrogen) atoms. The number of nitriles is 1. The van der Waals surface area contributed by atoms with Crippen molar-refractivity contribution in [2.24, 2.45) is 0 Å². The standard InChI is InChI=1S/C16H8N2OS/c17-8-9-5-6-11-13(7-9)20-15-14(11)10-3-1-2-4-12(10)18-16(15)19/h1-7H,(H,18,19). The van der Waals surface area contributed by atoms with E-state index in [2.05, 4.69) is 11.1 Å². The zero-order valence-corrected chi connectivity index (χ0v) is 11.1. The van der Waals surface area contributed by atoms with Gasteiger partial charge in [0.15, 0.2) is 0 Å². The number of para-hydroxylation sites is 1. The Balaban J connectivity index is 2.34. The second-order valence-electron chi connectivity index (χ2n) is 4.63. The Kier molecular flexibility index (Phi) is 2.20. The van der Waals surface area contributed by atoms with Gasteiger partial charge in [-0.05, 0) is 18.2 Å². The van der Waals surface area contributed by atoms with Gasteiger partial charge < -0.3 is 4.98 Å². The van der Waals surface area contributed by atoms with Gasteiger partial charge in [-0.1, -0.05) is 24.3 Å². The highest BCUT2D eigenvalue weighted by Crippen LogP contribution is 2.35. The van der Waals surface area contributed by atoms with Gasteiger partial charge in [0.1, 0.15) is 4.70 Å². The highest BCUT2D eigenvalue weighted by Gasteiger charge is 2.12. The zero-order valence-electron chi connectivity index (χ0n) is 10.3. The number of H-pyrrole nitrogens is 1. The Hall–Kier alpha value is -2.64. The van der Waals surface area contributed by atoms with Crippen molar-refractivity contribution < 1.29 is 0 Å². The lowest BCUT2D eigenvalue weighted by atomic mass is 10.1. The Morgan fingerprint density at radius 2 is 1.95 bits per heavy atom. The first kappa shape index (κ1) is 11.2. The highest BCUT2D eigenvalue weighted by atomic mass is 32.1. The van der Waals surface area contributed by atoms with Crippen molar-refractivity contribution in [2.45, 2.75) is 0 Å². The quantitative estimate of drug-likeness (QED) is 0.531. The van der Waals surface area contributed by atoms with Gasteiger partial charge in [0.2, 0.25) is 0 Å². The van der Waals surface area contributed by atoms with E-state index in [-0.39, 0.29) is 5.56 Å². The number of fused-ring (bicyclic) bond motifs is 5. The van der Waals surface area contributed by atoms with Crippen LogP contribution in [0.15, 0.2) is 47.3 Å². The summed E-state index contributed by atoms with van der Waals surface area (Å²) in [6, 6.07) is 15.5. The Labute approximate surface area is 117 Å². The fourth-order valence-electron chi connectivity index (χ4n) is 2.58. The summed E-state index contributed by atoms with van der Waals surface area (Å²) in [5.74, 6) is 0. The highest BCUT2D eigenvalue weighted by molar-refractivity contribution is 7.26. The van der Waals surface area contributed by atoms with Crippen LogP contribution < -0.4 is 5.56 Å². The molecule has 2 heterocycles. The maximum Gasteiger partial charge on any atom is 0.266 e. The van der Waals surface area contributed by atoms with Gasteiger partial charge in [0, 0.05) is 26.4 Å². The minimum atomic E-state index is -0.0709. The van der Waals surface area contributed by atoms with Crippen molar-refractivity contribution in [1.29, 1.82) is 5.26 Å². The van der Waals surface area contributed by atoms with Crippen molar-refractivity contribution in [1.82, 2.24) is 4.98 Å². The van der Waals surface area contributed by atoms with Gasteiger partial charge in [-0.3, -0.25) is 4.79 Å². The first-order chi connectivity index (χ1) is 9.78. The fraction of sp³-hybridized carbons (Fsp3) is 0. The predicted molar refractivity (Wildman–Crippen MR) is 82.2 cm³/mol. The van der Waals surface area contributed by atoms with E-state index < -0.39 is 0 Å². The number of rotatable bonds is 0. The fourth-order valence-corrected chi connectivity index (χ4v) is 3.73. The van der Waals surface area contributed by atoms with Crippen LogP contribution in [-0.2, 0) is 0 Å². The summed E-state index contributed by atoms with van der Waals surface area (Å²) in [5, 5.41) is 12.0. The van der Waals surface area contributed by atoms with Crippen LogP contribution >= 0.6 is 11.3 Å². The number of hydrogen-bond donors (Lipinski definition) is 1. The molecule has 4 rings (SSSR count). The predicted octanol–water partition coefficient (Wildman–Crippen LogP) is 3.77. The number of hydrogen-bond acceptors (Lipinski definition) is 3. The van der Waals surface area contributed by atoms with E-state index in [1.54, 1.807) is 6.07 Å². The molecular weight excluding hydrogens is 268 g/mol. The number of nitrogens with one attached hydrogen (secondary N) is 1. The topological polar surface area (TPSA) is 56.6 Å². The smallest absolute Gasteiger partial charge is 0.266 e. The van der Waals surface area contributed by atoms with Gasteiger partial charge in [-0.25, -0.2) is 0 Å². The molecule has 0 spiro atoms. The lowest BCUT2D eigenvalue weighted by molar-refractivity contribution is 1.36.